The second-order valence-electron chi connectivity index (χ2n) is 6.96. The third-order valence-corrected chi connectivity index (χ3v) is 4.93. The Kier molecular flexibility index (Phi) is 16.3. The fourth-order valence-electron chi connectivity index (χ4n) is 2.04. The maximum Gasteiger partial charge on any atom is 2.00 e. The van der Waals surface area contributed by atoms with Gasteiger partial charge < -0.3 is 0 Å². The van der Waals surface area contributed by atoms with Crippen molar-refractivity contribution in [2.75, 3.05) is 27.2 Å². The Morgan fingerprint density at radius 3 is 1.16 bits per heavy atom. The first-order valence-electron chi connectivity index (χ1n) is 9.48. The van der Waals surface area contributed by atoms with Gasteiger partial charge in [-0.15, -0.1) is 0 Å². The molecule has 0 saturated heterocycles. The predicted molar refractivity (Wildman–Crippen MR) is 116 cm³/mol. The number of alkyl halides is 6. The average Bonchev–Trinajstić information content (AvgIpc) is 2.72. The molecule has 37 heavy (non-hydrogen) atoms. The van der Waals surface area contributed by atoms with E-state index in [2.05, 4.69) is 46.0 Å². The smallest absolute Gasteiger partial charge is 0.299 e. The molecule has 0 radical (unpaired) electrons. The minimum Gasteiger partial charge on any atom is -0.299 e. The first-order chi connectivity index (χ1) is 16.2. The van der Waals surface area contributed by atoms with Crippen LogP contribution in [0.2, 0.25) is 0 Å². The molecule has 2 aromatic heterocycles. The minimum absolute atomic E-state index is 0. The molecule has 0 atom stereocenters. The zero-order valence-electron chi connectivity index (χ0n) is 19.2. The largest absolute Gasteiger partial charge is 2.00 e. The number of rotatable bonds is 7. The van der Waals surface area contributed by atoms with Gasteiger partial charge in [-0.05, 0) is 38.4 Å². The zero-order chi connectivity index (χ0) is 28.2. The standard InChI is InChI=1S/C16H22N4.2CHF3O3S.Fe/c1-19(13-15-7-3-5-9-17-15)11-12-20(2)14-16-8-4-6-10-18-16;2*2-1(3,4)8(5,6)7;/h3-10H,11-14H2,1-2H3;2*(H,5,6,7);/q;;;+2. The van der Waals surface area contributed by atoms with Gasteiger partial charge in [0, 0.05) is 38.6 Å². The SMILES string of the molecule is CN(CCN(C)Cc1ccccn1)Cc1ccccn1.O=S(=O)(O)C(F)(F)F.O=S(=O)(O)C(F)(F)F.[Fe+2]. The van der Waals surface area contributed by atoms with Crippen molar-refractivity contribution in [1.29, 1.82) is 0 Å². The maximum absolute atomic E-state index is 10.7. The number of nitrogens with zero attached hydrogens (tertiary/aromatic N) is 4. The summed E-state index contributed by atoms with van der Waals surface area (Å²) in [6, 6.07) is 12.1. The third kappa shape index (κ3) is 17.3. The van der Waals surface area contributed by atoms with E-state index in [-0.39, 0.29) is 17.1 Å². The fraction of sp³-hybridized carbons (Fsp3) is 0.444. The van der Waals surface area contributed by atoms with E-state index >= 15 is 0 Å². The minimum atomic E-state index is -5.84. The van der Waals surface area contributed by atoms with Crippen molar-refractivity contribution in [3.05, 3.63) is 60.2 Å². The van der Waals surface area contributed by atoms with Crippen LogP contribution in [-0.2, 0) is 50.4 Å². The van der Waals surface area contributed by atoms with Crippen LogP contribution in [0.4, 0.5) is 26.3 Å². The Morgan fingerprint density at radius 1 is 0.703 bits per heavy atom. The monoisotopic (exact) mass is 626 g/mol. The van der Waals surface area contributed by atoms with Crippen LogP contribution >= 0.6 is 0 Å². The van der Waals surface area contributed by atoms with E-state index < -0.39 is 31.3 Å². The Labute approximate surface area is 220 Å². The molecule has 0 aliphatic heterocycles. The number of halogens is 6. The summed E-state index contributed by atoms with van der Waals surface area (Å²) in [6.07, 6.45) is 3.69. The van der Waals surface area contributed by atoms with E-state index in [4.69, 9.17) is 25.9 Å². The van der Waals surface area contributed by atoms with E-state index in [1.807, 2.05) is 36.7 Å². The van der Waals surface area contributed by atoms with Crippen LogP contribution in [0.25, 0.3) is 0 Å². The van der Waals surface area contributed by atoms with Crippen molar-refractivity contribution in [1.82, 2.24) is 19.8 Å². The second-order valence-corrected chi connectivity index (χ2v) is 9.79. The molecule has 0 unspecified atom stereocenters. The molecular weight excluding hydrogens is 602 g/mol. The molecule has 2 N–H and O–H groups in total. The van der Waals surface area contributed by atoms with Crippen LogP contribution in [0.15, 0.2) is 48.8 Å². The average molecular weight is 626 g/mol. The van der Waals surface area contributed by atoms with Crippen molar-refractivity contribution in [3.8, 4) is 0 Å². The van der Waals surface area contributed by atoms with Crippen LogP contribution in [-0.4, -0.2) is 83.9 Å². The van der Waals surface area contributed by atoms with Gasteiger partial charge in [0.25, 0.3) is 0 Å². The van der Waals surface area contributed by atoms with Gasteiger partial charge in [-0.2, -0.15) is 43.2 Å². The summed E-state index contributed by atoms with van der Waals surface area (Å²) in [6.45, 7) is 3.80. The maximum atomic E-state index is 10.7. The van der Waals surface area contributed by atoms with E-state index in [9.17, 15) is 26.3 Å². The molecule has 2 heterocycles. The Balaban J connectivity index is 0. The van der Waals surface area contributed by atoms with Gasteiger partial charge >= 0.3 is 48.3 Å². The summed E-state index contributed by atoms with van der Waals surface area (Å²) in [7, 11) is -7.42. The molecule has 0 bridgehead atoms. The number of hydrogen-bond donors (Lipinski definition) is 2. The summed E-state index contributed by atoms with van der Waals surface area (Å²) in [5.74, 6) is 0. The second kappa shape index (κ2) is 16.2. The molecule has 2 rings (SSSR count). The summed E-state index contributed by atoms with van der Waals surface area (Å²) in [5.41, 5.74) is -8.84. The van der Waals surface area contributed by atoms with Crippen LogP contribution < -0.4 is 0 Å². The molecule has 0 aromatic carbocycles. The summed E-state index contributed by atoms with van der Waals surface area (Å²) in [4.78, 5) is 13.3. The van der Waals surface area contributed by atoms with Crippen molar-refractivity contribution in [2.45, 2.75) is 24.1 Å². The molecule has 19 heteroatoms. The molecule has 10 nitrogen and oxygen atoms in total. The fourth-order valence-corrected chi connectivity index (χ4v) is 2.04. The summed E-state index contributed by atoms with van der Waals surface area (Å²) >= 11 is 0. The number of aromatic nitrogens is 2. The molecule has 0 fully saturated rings. The summed E-state index contributed by atoms with van der Waals surface area (Å²) < 4.78 is 115. The molecule has 0 saturated carbocycles. The van der Waals surface area contributed by atoms with E-state index in [1.54, 1.807) is 0 Å². The predicted octanol–water partition coefficient (Wildman–Crippen LogP) is 2.83. The first-order valence-corrected chi connectivity index (χ1v) is 12.4. The van der Waals surface area contributed by atoms with Gasteiger partial charge in [-0.1, -0.05) is 12.1 Å². The number of likely N-dealkylation sites (N-methyl/N-ethyl adjacent to an activating group) is 2. The van der Waals surface area contributed by atoms with E-state index in [0.29, 0.717) is 0 Å². The number of hydrogen-bond acceptors (Lipinski definition) is 8. The molecule has 0 spiro atoms. The first kappa shape index (κ1) is 37.3. The molecule has 2 aromatic rings. The van der Waals surface area contributed by atoms with E-state index in [1.165, 1.54) is 0 Å². The van der Waals surface area contributed by atoms with Crippen LogP contribution in [0.1, 0.15) is 11.4 Å². The van der Waals surface area contributed by atoms with Crippen molar-refractivity contribution >= 4 is 20.2 Å². The van der Waals surface area contributed by atoms with Crippen molar-refractivity contribution < 1.29 is 69.4 Å². The van der Waals surface area contributed by atoms with Crippen LogP contribution in [0.3, 0.4) is 0 Å². The van der Waals surface area contributed by atoms with E-state index in [0.717, 1.165) is 37.6 Å². The van der Waals surface area contributed by atoms with Crippen LogP contribution in [0, 0.1) is 0 Å². The van der Waals surface area contributed by atoms with Gasteiger partial charge in [0.05, 0.1) is 11.4 Å². The van der Waals surface area contributed by atoms with Gasteiger partial charge in [-0.3, -0.25) is 28.9 Å². The quantitative estimate of drug-likeness (QED) is 0.204. The van der Waals surface area contributed by atoms with Gasteiger partial charge in [0.1, 0.15) is 0 Å². The van der Waals surface area contributed by atoms with Crippen LogP contribution in [0.5, 0.6) is 0 Å². The van der Waals surface area contributed by atoms with Gasteiger partial charge in [0.15, 0.2) is 0 Å². The van der Waals surface area contributed by atoms with Crippen molar-refractivity contribution in [2.24, 2.45) is 0 Å². The Hall–Kier alpha value is -1.86. The van der Waals surface area contributed by atoms with Crippen molar-refractivity contribution in [3.63, 3.8) is 0 Å². The Bertz CT molecular complexity index is 1020. The molecule has 0 aliphatic rings. The molecule has 0 amide bonds. The normalized spacial score (nSPS) is 12.1. The number of pyridine rings is 2. The van der Waals surface area contributed by atoms with Gasteiger partial charge in [-0.25, -0.2) is 0 Å². The zero-order valence-corrected chi connectivity index (χ0v) is 21.9. The molecule has 212 valence electrons. The Morgan fingerprint density at radius 2 is 0.973 bits per heavy atom. The molecule has 0 aliphatic carbocycles. The topological polar surface area (TPSA) is 141 Å². The third-order valence-electron chi connectivity index (χ3n) is 3.76. The molecular formula is C18H24F6FeN4O6S2+2. The van der Waals surface area contributed by atoms with Gasteiger partial charge in [0.2, 0.25) is 0 Å². The summed E-state index contributed by atoms with van der Waals surface area (Å²) in [5, 5.41) is 0.